The number of rotatable bonds is 53. The number of ether oxygens (including phenoxy) is 3. The maximum atomic E-state index is 12.9. The Morgan fingerprint density at radius 2 is 0.568 bits per heavy atom. The number of allylic oxidation sites excluding steroid dienone is 26. The lowest BCUT2D eigenvalue weighted by Crippen LogP contribution is -2.30. The van der Waals surface area contributed by atoms with Gasteiger partial charge in [0.15, 0.2) is 6.10 Å². The fraction of sp³-hybridized carbons (Fsp3) is 0.594. The molecule has 0 amide bonds. The summed E-state index contributed by atoms with van der Waals surface area (Å²) in [5, 5.41) is 0. The largest absolute Gasteiger partial charge is 0.462 e. The molecule has 0 saturated carbocycles. The fourth-order valence-electron chi connectivity index (χ4n) is 7.69. The van der Waals surface area contributed by atoms with Gasteiger partial charge in [-0.25, -0.2) is 0 Å². The van der Waals surface area contributed by atoms with E-state index in [1.807, 2.05) is 0 Å². The highest BCUT2D eigenvalue weighted by molar-refractivity contribution is 5.70. The van der Waals surface area contributed by atoms with Crippen LogP contribution in [0.4, 0.5) is 0 Å². The van der Waals surface area contributed by atoms with Crippen molar-refractivity contribution in [1.29, 1.82) is 0 Å². The van der Waals surface area contributed by atoms with Gasteiger partial charge in [0.1, 0.15) is 6.61 Å². The normalized spacial score (nSPS) is 13.4. The van der Waals surface area contributed by atoms with Crippen LogP contribution in [0.2, 0.25) is 0 Å². The van der Waals surface area contributed by atoms with Gasteiger partial charge in [-0.2, -0.15) is 0 Å². The Labute approximate surface area is 456 Å². The van der Waals surface area contributed by atoms with E-state index in [0.717, 1.165) is 154 Å². The number of hydrogen-bond donors (Lipinski definition) is 0. The Morgan fingerprint density at radius 1 is 0.297 bits per heavy atom. The van der Waals surface area contributed by atoms with Crippen molar-refractivity contribution in [2.75, 3.05) is 19.8 Å². The third-order valence-corrected chi connectivity index (χ3v) is 12.0. The first kappa shape index (κ1) is 69.5. The molecule has 0 N–H and O–H groups in total. The monoisotopic (exact) mass is 1020 g/mol. The highest BCUT2D eigenvalue weighted by atomic mass is 16.6. The van der Waals surface area contributed by atoms with Crippen LogP contribution in [-0.4, -0.2) is 37.9 Å². The molecule has 416 valence electrons. The second kappa shape index (κ2) is 62.8. The van der Waals surface area contributed by atoms with Crippen LogP contribution in [0.25, 0.3) is 0 Å². The molecular weight excluding hydrogens is 909 g/mol. The van der Waals surface area contributed by atoms with E-state index in [4.69, 9.17) is 14.2 Å². The summed E-state index contributed by atoms with van der Waals surface area (Å²) in [6.45, 7) is 7.40. The van der Waals surface area contributed by atoms with Crippen molar-refractivity contribution < 1.29 is 23.8 Å². The Hall–Kier alpha value is -4.48. The van der Waals surface area contributed by atoms with E-state index in [1.165, 1.54) is 51.4 Å². The lowest BCUT2D eigenvalue weighted by atomic mass is 10.1. The first-order chi connectivity index (χ1) is 36.6. The maximum Gasteiger partial charge on any atom is 0.306 e. The standard InChI is InChI=1S/C69H110O5/c1-4-7-10-13-16-19-22-25-28-31-34-37-40-43-46-49-52-55-58-61-64-72-65-67(74-69(71)63-60-57-54-51-48-45-42-39-36-33-30-27-24-21-18-15-12-9-6-3)66-73-68(70)62-59-56-53-50-47-44-41-38-35-32-29-26-23-20-17-14-11-8-5-2/h7-12,16-21,25-30,34-39,44,47,67H,4-6,13-15,22-24,31-33,40-43,45-46,48-66H2,1-3H3/b10-7-,11-8-,12-9-,19-16-,20-17-,21-18-,28-25-,29-26-,30-27-,37-34-,38-35-,39-36-,47-44-. The number of unbranched alkanes of at least 4 members (excludes halogenated alkanes) is 16. The summed E-state index contributed by atoms with van der Waals surface area (Å²) in [4.78, 5) is 25.6. The molecule has 5 heteroatoms. The zero-order valence-corrected chi connectivity index (χ0v) is 47.8. The average molecular weight is 1020 g/mol. The van der Waals surface area contributed by atoms with Crippen LogP contribution in [-0.2, 0) is 23.8 Å². The van der Waals surface area contributed by atoms with Gasteiger partial charge in [-0.1, -0.05) is 243 Å². The van der Waals surface area contributed by atoms with Crippen molar-refractivity contribution in [2.24, 2.45) is 0 Å². The van der Waals surface area contributed by atoms with Crippen molar-refractivity contribution in [1.82, 2.24) is 0 Å². The first-order valence-corrected chi connectivity index (χ1v) is 30.0. The number of carbonyl (C=O) groups is 2. The number of carbonyl (C=O) groups excluding carboxylic acids is 2. The van der Waals surface area contributed by atoms with Crippen LogP contribution >= 0.6 is 0 Å². The van der Waals surface area contributed by atoms with Gasteiger partial charge in [0, 0.05) is 19.4 Å². The summed E-state index contributed by atoms with van der Waals surface area (Å²) in [6.07, 6.45) is 92.7. The van der Waals surface area contributed by atoms with E-state index in [2.05, 4.69) is 179 Å². The predicted octanol–water partition coefficient (Wildman–Crippen LogP) is 21.0. The van der Waals surface area contributed by atoms with Crippen LogP contribution in [0.15, 0.2) is 158 Å². The van der Waals surface area contributed by atoms with E-state index >= 15 is 0 Å². The molecule has 1 unspecified atom stereocenters. The molecule has 0 spiro atoms. The molecule has 0 aliphatic carbocycles. The lowest BCUT2D eigenvalue weighted by molar-refractivity contribution is -0.163. The predicted molar refractivity (Wildman–Crippen MR) is 324 cm³/mol. The molecule has 0 aromatic carbocycles. The highest BCUT2D eigenvalue weighted by Crippen LogP contribution is 2.13. The molecule has 0 rings (SSSR count). The van der Waals surface area contributed by atoms with Crippen LogP contribution in [0.1, 0.15) is 239 Å². The minimum atomic E-state index is -0.578. The van der Waals surface area contributed by atoms with Crippen LogP contribution in [0.5, 0.6) is 0 Å². The molecule has 0 saturated heterocycles. The van der Waals surface area contributed by atoms with Gasteiger partial charge < -0.3 is 14.2 Å². The summed E-state index contributed by atoms with van der Waals surface area (Å²) in [7, 11) is 0. The summed E-state index contributed by atoms with van der Waals surface area (Å²) < 4.78 is 17.5. The molecule has 0 aromatic rings. The minimum Gasteiger partial charge on any atom is -0.462 e. The van der Waals surface area contributed by atoms with Gasteiger partial charge >= 0.3 is 11.9 Å². The average Bonchev–Trinajstić information content (AvgIpc) is 3.40. The van der Waals surface area contributed by atoms with Gasteiger partial charge in [0.2, 0.25) is 0 Å². The SMILES string of the molecule is CC/C=C\C/C=C\C/C=C\C/C=C\C/C=C\CCCCCC(=O)OCC(COCCCCCCCCC/C=C\C/C=C\C/C=C\C/C=C\CC)OC(=O)CCCCCCCC/C=C\C/C=C\C/C=C\C/C=C\CC. The van der Waals surface area contributed by atoms with E-state index in [1.54, 1.807) is 0 Å². The van der Waals surface area contributed by atoms with Gasteiger partial charge in [-0.15, -0.1) is 0 Å². The zero-order valence-electron chi connectivity index (χ0n) is 47.8. The Kier molecular flexibility index (Phi) is 59.0. The van der Waals surface area contributed by atoms with Crippen molar-refractivity contribution >= 4 is 11.9 Å². The second-order valence-electron chi connectivity index (χ2n) is 19.1. The molecule has 1 atom stereocenters. The Balaban J connectivity index is 4.44. The molecule has 0 fully saturated rings. The van der Waals surface area contributed by atoms with Gasteiger partial charge in [0.05, 0.1) is 6.61 Å². The van der Waals surface area contributed by atoms with Gasteiger partial charge in [-0.3, -0.25) is 9.59 Å². The maximum absolute atomic E-state index is 12.9. The van der Waals surface area contributed by atoms with Gasteiger partial charge in [0.25, 0.3) is 0 Å². The molecule has 74 heavy (non-hydrogen) atoms. The van der Waals surface area contributed by atoms with Crippen molar-refractivity contribution in [2.45, 2.75) is 245 Å². The third kappa shape index (κ3) is 60.1. The summed E-state index contributed by atoms with van der Waals surface area (Å²) in [5.41, 5.74) is 0. The quantitative estimate of drug-likeness (QED) is 0.0345. The zero-order chi connectivity index (χ0) is 53.4. The summed E-state index contributed by atoms with van der Waals surface area (Å²) in [6, 6.07) is 0. The second-order valence-corrected chi connectivity index (χ2v) is 19.1. The minimum absolute atomic E-state index is 0.0464. The molecule has 0 heterocycles. The van der Waals surface area contributed by atoms with Gasteiger partial charge in [-0.05, 0) is 141 Å². The van der Waals surface area contributed by atoms with E-state index < -0.39 is 6.10 Å². The number of esters is 2. The summed E-state index contributed by atoms with van der Waals surface area (Å²) in [5.74, 6) is -0.465. The molecule has 0 aliphatic heterocycles. The molecule has 0 aromatic heterocycles. The lowest BCUT2D eigenvalue weighted by Gasteiger charge is -2.18. The van der Waals surface area contributed by atoms with E-state index in [-0.39, 0.29) is 25.2 Å². The fourth-order valence-corrected chi connectivity index (χ4v) is 7.69. The first-order valence-electron chi connectivity index (χ1n) is 30.0. The molecular formula is C69H110O5. The van der Waals surface area contributed by atoms with Crippen LogP contribution in [0, 0.1) is 0 Å². The molecule has 0 bridgehead atoms. The van der Waals surface area contributed by atoms with Crippen LogP contribution in [0.3, 0.4) is 0 Å². The molecule has 5 nitrogen and oxygen atoms in total. The highest BCUT2D eigenvalue weighted by Gasteiger charge is 2.17. The van der Waals surface area contributed by atoms with E-state index in [0.29, 0.717) is 19.4 Å². The van der Waals surface area contributed by atoms with E-state index in [9.17, 15) is 9.59 Å². The van der Waals surface area contributed by atoms with Crippen molar-refractivity contribution in [3.8, 4) is 0 Å². The molecule has 0 aliphatic rings. The number of hydrogen-bond acceptors (Lipinski definition) is 5. The van der Waals surface area contributed by atoms with Crippen molar-refractivity contribution in [3.05, 3.63) is 158 Å². The van der Waals surface area contributed by atoms with Crippen LogP contribution < -0.4 is 0 Å². The topological polar surface area (TPSA) is 61.8 Å². The summed E-state index contributed by atoms with van der Waals surface area (Å²) >= 11 is 0. The van der Waals surface area contributed by atoms with Crippen molar-refractivity contribution in [3.63, 3.8) is 0 Å². The smallest absolute Gasteiger partial charge is 0.306 e. The Morgan fingerprint density at radius 3 is 0.919 bits per heavy atom. The third-order valence-electron chi connectivity index (χ3n) is 12.0. The molecule has 0 radical (unpaired) electrons. The Bertz CT molecular complexity index is 1620.